The topological polar surface area (TPSA) is 33.1 Å². The van der Waals surface area contributed by atoms with Crippen LogP contribution in [0.15, 0.2) is 18.3 Å². The lowest BCUT2D eigenvalue weighted by atomic mass is 9.82. The SMILES string of the molecule is CC1SCCSC1C(O)C1CCCc2cccnc21. The fourth-order valence-corrected chi connectivity index (χ4v) is 6.13. The van der Waals surface area contributed by atoms with Crippen molar-refractivity contribution in [2.24, 2.45) is 0 Å². The van der Waals surface area contributed by atoms with Crippen molar-refractivity contribution in [2.75, 3.05) is 11.5 Å². The van der Waals surface area contributed by atoms with Gasteiger partial charge in [-0.3, -0.25) is 4.98 Å². The summed E-state index contributed by atoms with van der Waals surface area (Å²) >= 11 is 3.95. The van der Waals surface area contributed by atoms with E-state index >= 15 is 0 Å². The van der Waals surface area contributed by atoms with Gasteiger partial charge in [0.2, 0.25) is 0 Å². The van der Waals surface area contributed by atoms with Gasteiger partial charge in [-0.05, 0) is 30.9 Å². The first-order valence-electron chi connectivity index (χ1n) is 7.12. The van der Waals surface area contributed by atoms with Crippen LogP contribution in [-0.2, 0) is 6.42 Å². The molecule has 0 amide bonds. The monoisotopic (exact) mass is 295 g/mol. The van der Waals surface area contributed by atoms with E-state index in [1.807, 2.05) is 35.8 Å². The zero-order valence-electron chi connectivity index (χ0n) is 11.3. The number of hydrogen-bond acceptors (Lipinski definition) is 4. The summed E-state index contributed by atoms with van der Waals surface area (Å²) < 4.78 is 0. The van der Waals surface area contributed by atoms with E-state index in [1.54, 1.807) is 0 Å². The summed E-state index contributed by atoms with van der Waals surface area (Å²) in [6.07, 6.45) is 5.01. The predicted molar refractivity (Wildman–Crippen MR) is 84.1 cm³/mol. The van der Waals surface area contributed by atoms with E-state index in [0.717, 1.165) is 18.5 Å². The molecular formula is C15H21NOS2. The number of pyridine rings is 1. The normalized spacial score (nSPS) is 32.6. The lowest BCUT2D eigenvalue weighted by molar-refractivity contribution is 0.129. The molecule has 1 aromatic heterocycles. The molecule has 4 heteroatoms. The molecule has 4 atom stereocenters. The summed E-state index contributed by atoms with van der Waals surface area (Å²) in [5, 5.41) is 11.7. The molecule has 1 aliphatic heterocycles. The Hall–Kier alpha value is -0.190. The number of aliphatic hydroxyl groups excluding tert-OH is 1. The van der Waals surface area contributed by atoms with Crippen molar-refractivity contribution in [2.45, 2.75) is 48.7 Å². The number of aryl methyl sites for hydroxylation is 1. The number of aliphatic hydroxyl groups is 1. The molecule has 0 spiro atoms. The quantitative estimate of drug-likeness (QED) is 0.909. The number of thioether (sulfide) groups is 2. The van der Waals surface area contributed by atoms with E-state index in [2.05, 4.69) is 18.0 Å². The second kappa shape index (κ2) is 6.06. The summed E-state index contributed by atoms with van der Waals surface area (Å²) in [4.78, 5) is 4.57. The first-order valence-corrected chi connectivity index (χ1v) is 9.22. The molecule has 19 heavy (non-hydrogen) atoms. The Morgan fingerprint density at radius 2 is 2.21 bits per heavy atom. The number of fused-ring (bicyclic) bond motifs is 1. The minimum Gasteiger partial charge on any atom is -0.391 e. The van der Waals surface area contributed by atoms with Gasteiger partial charge in [0.05, 0.1) is 6.10 Å². The van der Waals surface area contributed by atoms with Crippen molar-refractivity contribution in [1.29, 1.82) is 0 Å². The molecule has 2 heterocycles. The molecule has 0 radical (unpaired) electrons. The summed E-state index contributed by atoms with van der Waals surface area (Å²) in [6, 6.07) is 4.19. The molecule has 2 aliphatic rings. The average molecular weight is 295 g/mol. The van der Waals surface area contributed by atoms with Gasteiger partial charge >= 0.3 is 0 Å². The van der Waals surface area contributed by atoms with Gasteiger partial charge in [-0.1, -0.05) is 13.0 Å². The van der Waals surface area contributed by atoms with Crippen LogP contribution in [-0.4, -0.2) is 38.2 Å². The summed E-state index contributed by atoms with van der Waals surface area (Å²) in [7, 11) is 0. The second-order valence-electron chi connectivity index (χ2n) is 5.45. The first kappa shape index (κ1) is 13.8. The Morgan fingerprint density at radius 3 is 3.05 bits per heavy atom. The number of rotatable bonds is 2. The first-order chi connectivity index (χ1) is 9.27. The molecular weight excluding hydrogens is 274 g/mol. The minimum atomic E-state index is -0.248. The molecule has 104 valence electrons. The van der Waals surface area contributed by atoms with Crippen LogP contribution in [0.3, 0.4) is 0 Å². The van der Waals surface area contributed by atoms with Crippen LogP contribution in [0.1, 0.15) is 36.9 Å². The van der Waals surface area contributed by atoms with E-state index in [-0.39, 0.29) is 12.0 Å². The van der Waals surface area contributed by atoms with E-state index in [4.69, 9.17) is 0 Å². The van der Waals surface area contributed by atoms with Crippen molar-refractivity contribution in [3.63, 3.8) is 0 Å². The van der Waals surface area contributed by atoms with Gasteiger partial charge in [0.15, 0.2) is 0 Å². The molecule has 3 rings (SSSR count). The average Bonchev–Trinajstić information content (AvgIpc) is 2.46. The van der Waals surface area contributed by atoms with Gasteiger partial charge in [-0.2, -0.15) is 23.5 Å². The third-order valence-corrected chi connectivity index (χ3v) is 7.43. The lowest BCUT2D eigenvalue weighted by Crippen LogP contribution is -2.40. The molecule has 4 unspecified atom stereocenters. The zero-order valence-corrected chi connectivity index (χ0v) is 12.9. The van der Waals surface area contributed by atoms with Gasteiger partial charge in [0.25, 0.3) is 0 Å². The summed E-state index contributed by atoms with van der Waals surface area (Å²) in [6.45, 7) is 2.26. The highest BCUT2D eigenvalue weighted by Crippen LogP contribution is 2.41. The molecule has 1 fully saturated rings. The Morgan fingerprint density at radius 1 is 1.37 bits per heavy atom. The Bertz CT molecular complexity index is 440. The maximum Gasteiger partial charge on any atom is 0.0753 e. The Kier molecular flexibility index (Phi) is 4.40. The highest BCUT2D eigenvalue weighted by atomic mass is 32.2. The van der Waals surface area contributed by atoms with Crippen molar-refractivity contribution in [1.82, 2.24) is 4.98 Å². The minimum absolute atomic E-state index is 0.239. The van der Waals surface area contributed by atoms with E-state index in [1.165, 1.54) is 23.5 Å². The summed E-state index contributed by atoms with van der Waals surface area (Å²) in [5.41, 5.74) is 2.50. The molecule has 0 aromatic carbocycles. The third-order valence-electron chi connectivity index (χ3n) is 4.22. The fraction of sp³-hybridized carbons (Fsp3) is 0.667. The number of aromatic nitrogens is 1. The molecule has 0 saturated carbocycles. The zero-order chi connectivity index (χ0) is 13.2. The molecule has 1 saturated heterocycles. The third kappa shape index (κ3) is 2.81. The maximum atomic E-state index is 10.8. The maximum absolute atomic E-state index is 10.8. The van der Waals surface area contributed by atoms with Crippen LogP contribution in [0.25, 0.3) is 0 Å². The van der Waals surface area contributed by atoms with Crippen molar-refractivity contribution in [3.8, 4) is 0 Å². The van der Waals surface area contributed by atoms with Gasteiger partial charge in [0.1, 0.15) is 0 Å². The highest BCUT2D eigenvalue weighted by molar-refractivity contribution is 8.07. The second-order valence-corrected chi connectivity index (χ2v) is 8.22. The molecule has 0 bridgehead atoms. The summed E-state index contributed by atoms with van der Waals surface area (Å²) in [5.74, 6) is 2.62. The van der Waals surface area contributed by atoms with Crippen LogP contribution in [0.2, 0.25) is 0 Å². The van der Waals surface area contributed by atoms with Gasteiger partial charge in [-0.25, -0.2) is 0 Å². The fourth-order valence-electron chi connectivity index (χ4n) is 3.23. The molecule has 1 N–H and O–H groups in total. The van der Waals surface area contributed by atoms with Crippen LogP contribution in [0, 0.1) is 0 Å². The predicted octanol–water partition coefficient (Wildman–Crippen LogP) is 3.10. The van der Waals surface area contributed by atoms with E-state index in [9.17, 15) is 5.11 Å². The van der Waals surface area contributed by atoms with Gasteiger partial charge in [0, 0.05) is 39.8 Å². The van der Waals surface area contributed by atoms with Gasteiger partial charge < -0.3 is 5.11 Å². The van der Waals surface area contributed by atoms with E-state index < -0.39 is 0 Å². The largest absolute Gasteiger partial charge is 0.391 e. The molecule has 1 aliphatic carbocycles. The van der Waals surface area contributed by atoms with Crippen molar-refractivity contribution in [3.05, 3.63) is 29.6 Å². The van der Waals surface area contributed by atoms with Crippen molar-refractivity contribution < 1.29 is 5.11 Å². The van der Waals surface area contributed by atoms with Crippen LogP contribution in [0.5, 0.6) is 0 Å². The van der Waals surface area contributed by atoms with Gasteiger partial charge in [-0.15, -0.1) is 0 Å². The van der Waals surface area contributed by atoms with Crippen LogP contribution in [0.4, 0.5) is 0 Å². The van der Waals surface area contributed by atoms with Crippen LogP contribution >= 0.6 is 23.5 Å². The standard InChI is InChI=1S/C15H21NOS2/c1-10-15(19-9-8-18-10)14(17)12-6-2-4-11-5-3-7-16-13(11)12/h3,5,7,10,12,14-15,17H,2,4,6,8-9H2,1H3. The number of nitrogens with zero attached hydrogens (tertiary/aromatic N) is 1. The lowest BCUT2D eigenvalue weighted by Gasteiger charge is -2.37. The Balaban J connectivity index is 1.82. The molecule has 1 aromatic rings. The molecule has 2 nitrogen and oxygen atoms in total. The smallest absolute Gasteiger partial charge is 0.0753 e. The van der Waals surface area contributed by atoms with Crippen LogP contribution < -0.4 is 0 Å². The van der Waals surface area contributed by atoms with Crippen molar-refractivity contribution >= 4 is 23.5 Å². The van der Waals surface area contributed by atoms with E-state index in [0.29, 0.717) is 10.5 Å². The Labute approximate surface area is 123 Å². The number of hydrogen-bond donors (Lipinski definition) is 1. The highest BCUT2D eigenvalue weighted by Gasteiger charge is 2.37.